The van der Waals surface area contributed by atoms with Crippen LogP contribution in [0.15, 0.2) is 24.3 Å². The number of benzene rings is 1. The Kier molecular flexibility index (Phi) is 6.37. The second-order valence-corrected chi connectivity index (χ2v) is 5.55. The molecule has 0 fully saturated rings. The Morgan fingerprint density at radius 2 is 1.78 bits per heavy atom. The highest BCUT2D eigenvalue weighted by atomic mass is 16.3. The van der Waals surface area contributed by atoms with Gasteiger partial charge in [-0.15, -0.1) is 0 Å². The van der Waals surface area contributed by atoms with E-state index >= 15 is 0 Å². The van der Waals surface area contributed by atoms with Crippen LogP contribution in [0, 0.1) is 12.8 Å². The summed E-state index contributed by atoms with van der Waals surface area (Å²) >= 11 is 0. The van der Waals surface area contributed by atoms with Gasteiger partial charge in [0.15, 0.2) is 0 Å². The van der Waals surface area contributed by atoms with E-state index in [1.165, 1.54) is 11.1 Å². The standard InChI is InChI=1S/C16H27NO/c1-5-16(14-8-6-13(4)7-9-14)17-15(11-18)10-12(2)3/h6-9,12,15-18H,5,10-11H2,1-4H3. The van der Waals surface area contributed by atoms with Gasteiger partial charge < -0.3 is 10.4 Å². The monoisotopic (exact) mass is 249 g/mol. The van der Waals surface area contributed by atoms with Crippen molar-refractivity contribution < 1.29 is 5.11 Å². The SMILES string of the molecule is CCC(NC(CO)CC(C)C)c1ccc(C)cc1. The third-order valence-corrected chi connectivity index (χ3v) is 3.30. The molecule has 0 aromatic heterocycles. The summed E-state index contributed by atoms with van der Waals surface area (Å²) in [7, 11) is 0. The predicted octanol–water partition coefficient (Wildman–Crippen LogP) is 3.44. The van der Waals surface area contributed by atoms with Crippen LogP contribution >= 0.6 is 0 Å². The van der Waals surface area contributed by atoms with Gasteiger partial charge in [-0.3, -0.25) is 0 Å². The molecule has 2 N–H and O–H groups in total. The van der Waals surface area contributed by atoms with E-state index in [-0.39, 0.29) is 12.6 Å². The molecule has 1 aromatic carbocycles. The Labute approximate surface area is 111 Å². The van der Waals surface area contributed by atoms with Crippen LogP contribution in [0.4, 0.5) is 0 Å². The van der Waals surface area contributed by atoms with Crippen LogP contribution in [0.3, 0.4) is 0 Å². The highest BCUT2D eigenvalue weighted by Crippen LogP contribution is 2.19. The van der Waals surface area contributed by atoms with E-state index < -0.39 is 0 Å². The Bertz CT molecular complexity index is 331. The minimum atomic E-state index is 0.191. The summed E-state index contributed by atoms with van der Waals surface area (Å²) in [5, 5.41) is 13.0. The zero-order valence-corrected chi connectivity index (χ0v) is 12.1. The van der Waals surface area contributed by atoms with Gasteiger partial charge in [0.1, 0.15) is 0 Å². The normalized spacial score (nSPS) is 14.8. The fourth-order valence-electron chi connectivity index (χ4n) is 2.30. The van der Waals surface area contributed by atoms with Crippen LogP contribution in [0.1, 0.15) is 50.8 Å². The summed E-state index contributed by atoms with van der Waals surface area (Å²) in [6.07, 6.45) is 2.05. The number of rotatable bonds is 7. The molecule has 0 bridgehead atoms. The summed E-state index contributed by atoms with van der Waals surface area (Å²) in [4.78, 5) is 0. The van der Waals surface area contributed by atoms with E-state index in [0.29, 0.717) is 12.0 Å². The van der Waals surface area contributed by atoms with E-state index in [0.717, 1.165) is 12.8 Å². The molecule has 0 aliphatic heterocycles. The summed E-state index contributed by atoms with van der Waals surface area (Å²) in [5.41, 5.74) is 2.60. The molecular weight excluding hydrogens is 222 g/mol. The van der Waals surface area contributed by atoms with Crippen molar-refractivity contribution in [3.63, 3.8) is 0 Å². The molecule has 2 atom stereocenters. The highest BCUT2D eigenvalue weighted by Gasteiger charge is 2.15. The second kappa shape index (κ2) is 7.55. The Balaban J connectivity index is 2.68. The molecule has 0 radical (unpaired) electrons. The van der Waals surface area contributed by atoms with Crippen molar-refractivity contribution in [1.82, 2.24) is 5.32 Å². The maximum atomic E-state index is 9.45. The first-order chi connectivity index (χ1) is 8.56. The lowest BCUT2D eigenvalue weighted by molar-refractivity contribution is 0.211. The molecule has 0 saturated heterocycles. The van der Waals surface area contributed by atoms with Gasteiger partial charge in [-0.05, 0) is 31.2 Å². The molecule has 2 heteroatoms. The van der Waals surface area contributed by atoms with Crippen LogP contribution < -0.4 is 5.32 Å². The molecule has 0 spiro atoms. The van der Waals surface area contributed by atoms with Gasteiger partial charge in [-0.25, -0.2) is 0 Å². The third-order valence-electron chi connectivity index (χ3n) is 3.30. The summed E-state index contributed by atoms with van der Waals surface area (Å²) in [6, 6.07) is 9.19. The lowest BCUT2D eigenvalue weighted by Crippen LogP contribution is -2.36. The van der Waals surface area contributed by atoms with Crippen LogP contribution in [0.25, 0.3) is 0 Å². The van der Waals surface area contributed by atoms with Gasteiger partial charge >= 0.3 is 0 Å². The molecule has 0 aliphatic rings. The molecule has 102 valence electrons. The quantitative estimate of drug-likeness (QED) is 0.776. The lowest BCUT2D eigenvalue weighted by atomic mass is 9.99. The molecule has 0 heterocycles. The van der Waals surface area contributed by atoms with E-state index in [9.17, 15) is 5.11 Å². The van der Waals surface area contributed by atoms with Crippen molar-refractivity contribution in [2.24, 2.45) is 5.92 Å². The van der Waals surface area contributed by atoms with Crippen LogP contribution in [0.5, 0.6) is 0 Å². The first-order valence-corrected chi connectivity index (χ1v) is 7.00. The van der Waals surface area contributed by atoms with Crippen molar-refractivity contribution in [2.75, 3.05) is 6.61 Å². The smallest absolute Gasteiger partial charge is 0.0584 e. The fourth-order valence-corrected chi connectivity index (χ4v) is 2.30. The molecule has 0 aliphatic carbocycles. The average Bonchev–Trinajstić information content (AvgIpc) is 2.35. The van der Waals surface area contributed by atoms with Crippen LogP contribution in [-0.2, 0) is 0 Å². The predicted molar refractivity (Wildman–Crippen MR) is 77.7 cm³/mol. The van der Waals surface area contributed by atoms with E-state index in [1.807, 2.05) is 0 Å². The number of aliphatic hydroxyl groups is 1. The summed E-state index contributed by atoms with van der Waals surface area (Å²) < 4.78 is 0. The van der Waals surface area contributed by atoms with Crippen molar-refractivity contribution in [3.8, 4) is 0 Å². The maximum absolute atomic E-state index is 9.45. The maximum Gasteiger partial charge on any atom is 0.0584 e. The second-order valence-electron chi connectivity index (χ2n) is 5.55. The third kappa shape index (κ3) is 4.79. The van der Waals surface area contributed by atoms with E-state index in [2.05, 4.69) is 57.3 Å². The molecule has 2 nitrogen and oxygen atoms in total. The van der Waals surface area contributed by atoms with Gasteiger partial charge in [-0.1, -0.05) is 50.6 Å². The first kappa shape index (κ1) is 15.2. The number of aryl methyl sites for hydroxylation is 1. The number of nitrogens with one attached hydrogen (secondary N) is 1. The largest absolute Gasteiger partial charge is 0.395 e. The Morgan fingerprint density at radius 3 is 2.22 bits per heavy atom. The van der Waals surface area contributed by atoms with Crippen LogP contribution in [-0.4, -0.2) is 17.8 Å². The van der Waals surface area contributed by atoms with Crippen molar-refractivity contribution >= 4 is 0 Å². The molecule has 1 aromatic rings. The minimum absolute atomic E-state index is 0.191. The topological polar surface area (TPSA) is 32.3 Å². The average molecular weight is 249 g/mol. The minimum Gasteiger partial charge on any atom is -0.395 e. The first-order valence-electron chi connectivity index (χ1n) is 7.00. The number of aliphatic hydroxyl groups excluding tert-OH is 1. The van der Waals surface area contributed by atoms with Gasteiger partial charge in [-0.2, -0.15) is 0 Å². The van der Waals surface area contributed by atoms with Crippen molar-refractivity contribution in [3.05, 3.63) is 35.4 Å². The zero-order valence-electron chi connectivity index (χ0n) is 12.1. The van der Waals surface area contributed by atoms with Gasteiger partial charge in [0.05, 0.1) is 6.61 Å². The molecule has 2 unspecified atom stereocenters. The van der Waals surface area contributed by atoms with Gasteiger partial charge in [0, 0.05) is 12.1 Å². The Hall–Kier alpha value is -0.860. The van der Waals surface area contributed by atoms with Crippen molar-refractivity contribution in [2.45, 2.75) is 52.6 Å². The molecule has 1 rings (SSSR count). The van der Waals surface area contributed by atoms with E-state index in [4.69, 9.17) is 0 Å². The lowest BCUT2D eigenvalue weighted by Gasteiger charge is -2.25. The highest BCUT2D eigenvalue weighted by molar-refractivity contribution is 5.24. The zero-order chi connectivity index (χ0) is 13.5. The van der Waals surface area contributed by atoms with Gasteiger partial charge in [0.2, 0.25) is 0 Å². The molecular formula is C16H27NO. The molecule has 0 saturated carbocycles. The number of hydrogen-bond donors (Lipinski definition) is 2. The summed E-state index contributed by atoms with van der Waals surface area (Å²) in [5.74, 6) is 0.602. The fraction of sp³-hybridized carbons (Fsp3) is 0.625. The molecule has 18 heavy (non-hydrogen) atoms. The Morgan fingerprint density at radius 1 is 1.17 bits per heavy atom. The van der Waals surface area contributed by atoms with Crippen molar-refractivity contribution in [1.29, 1.82) is 0 Å². The number of hydrogen-bond acceptors (Lipinski definition) is 2. The summed E-state index contributed by atoms with van der Waals surface area (Å²) in [6.45, 7) is 8.88. The van der Waals surface area contributed by atoms with Crippen LogP contribution in [0.2, 0.25) is 0 Å². The van der Waals surface area contributed by atoms with E-state index in [1.54, 1.807) is 0 Å². The molecule has 0 amide bonds. The van der Waals surface area contributed by atoms with Gasteiger partial charge in [0.25, 0.3) is 0 Å².